The standard InChI is InChI=1S/C25H22N2O4/c1-2-29-19-5-3-17(4-6-19)13-23-24(28)20-7-8-22-21(25(20)31-23)15-27(16-30-22)14-18-9-11-26-12-10-18/h3-13H,2,14-16H2,1H3/b23-13-. The molecule has 6 heteroatoms. The lowest BCUT2D eigenvalue weighted by molar-refractivity contribution is 0.0872. The highest BCUT2D eigenvalue weighted by Gasteiger charge is 2.33. The lowest BCUT2D eigenvalue weighted by Crippen LogP contribution is -2.31. The van der Waals surface area contributed by atoms with Crippen molar-refractivity contribution in [3.63, 3.8) is 0 Å². The molecule has 0 N–H and O–H groups in total. The number of aromatic nitrogens is 1. The van der Waals surface area contributed by atoms with Crippen molar-refractivity contribution in [1.82, 2.24) is 9.88 Å². The molecule has 1 aromatic heterocycles. The van der Waals surface area contributed by atoms with Crippen LogP contribution in [0.15, 0.2) is 66.7 Å². The molecule has 0 amide bonds. The number of allylic oxidation sites excluding steroid dienone is 1. The van der Waals surface area contributed by atoms with Gasteiger partial charge in [-0.25, -0.2) is 0 Å². The molecule has 31 heavy (non-hydrogen) atoms. The van der Waals surface area contributed by atoms with E-state index in [1.807, 2.05) is 49.4 Å². The Balaban J connectivity index is 1.39. The number of carbonyl (C=O) groups is 1. The zero-order valence-electron chi connectivity index (χ0n) is 17.2. The predicted molar refractivity (Wildman–Crippen MR) is 116 cm³/mol. The molecule has 0 unspecified atom stereocenters. The third-order valence-electron chi connectivity index (χ3n) is 5.33. The van der Waals surface area contributed by atoms with Crippen LogP contribution in [0.1, 0.15) is 34.0 Å². The van der Waals surface area contributed by atoms with E-state index in [2.05, 4.69) is 9.88 Å². The Kier molecular flexibility index (Phi) is 5.14. The molecule has 0 aliphatic carbocycles. The minimum atomic E-state index is -0.113. The molecule has 2 aliphatic heterocycles. The summed E-state index contributed by atoms with van der Waals surface area (Å²) in [6, 6.07) is 15.2. The van der Waals surface area contributed by atoms with Gasteiger partial charge >= 0.3 is 0 Å². The molecule has 0 spiro atoms. The van der Waals surface area contributed by atoms with E-state index in [-0.39, 0.29) is 5.78 Å². The third-order valence-corrected chi connectivity index (χ3v) is 5.33. The van der Waals surface area contributed by atoms with Gasteiger partial charge in [-0.1, -0.05) is 12.1 Å². The largest absolute Gasteiger partial charge is 0.494 e. The second-order valence-electron chi connectivity index (χ2n) is 7.48. The van der Waals surface area contributed by atoms with Gasteiger partial charge in [-0.05, 0) is 60.5 Å². The Bertz CT molecular complexity index is 1140. The second-order valence-corrected chi connectivity index (χ2v) is 7.48. The average molecular weight is 414 g/mol. The van der Waals surface area contributed by atoms with Crippen LogP contribution in [-0.4, -0.2) is 29.0 Å². The van der Waals surface area contributed by atoms with Gasteiger partial charge in [0.15, 0.2) is 5.76 Å². The summed E-state index contributed by atoms with van der Waals surface area (Å²) in [5, 5.41) is 0. The second kappa shape index (κ2) is 8.24. The number of Topliss-reactive ketones (excluding diaryl/α,β-unsaturated/α-hetero) is 1. The first kappa shape index (κ1) is 19.3. The van der Waals surface area contributed by atoms with Crippen LogP contribution in [0.5, 0.6) is 17.2 Å². The van der Waals surface area contributed by atoms with E-state index in [0.29, 0.717) is 37.0 Å². The van der Waals surface area contributed by atoms with Crippen molar-refractivity contribution in [2.45, 2.75) is 20.0 Å². The highest BCUT2D eigenvalue weighted by Crippen LogP contribution is 2.42. The van der Waals surface area contributed by atoms with E-state index < -0.39 is 0 Å². The lowest BCUT2D eigenvalue weighted by atomic mass is 10.0. The Morgan fingerprint density at radius 3 is 2.68 bits per heavy atom. The number of pyridine rings is 1. The first-order valence-electron chi connectivity index (χ1n) is 10.3. The molecule has 2 aliphatic rings. The van der Waals surface area contributed by atoms with Crippen LogP contribution in [0.25, 0.3) is 6.08 Å². The van der Waals surface area contributed by atoms with E-state index in [1.54, 1.807) is 24.5 Å². The maximum atomic E-state index is 12.9. The molecule has 3 aromatic rings. The molecule has 0 fully saturated rings. The molecule has 3 heterocycles. The number of hydrogen-bond acceptors (Lipinski definition) is 6. The Labute approximate surface area is 180 Å². The van der Waals surface area contributed by atoms with E-state index in [0.717, 1.165) is 34.7 Å². The number of nitrogens with zero attached hydrogens (tertiary/aromatic N) is 2. The van der Waals surface area contributed by atoms with Crippen molar-refractivity contribution in [3.05, 3.63) is 88.9 Å². The number of hydrogen-bond donors (Lipinski definition) is 0. The van der Waals surface area contributed by atoms with Crippen molar-refractivity contribution >= 4 is 11.9 Å². The van der Waals surface area contributed by atoms with Gasteiger partial charge in [0.2, 0.25) is 5.78 Å². The maximum absolute atomic E-state index is 12.9. The molecule has 6 nitrogen and oxygen atoms in total. The van der Waals surface area contributed by atoms with Crippen molar-refractivity contribution < 1.29 is 19.0 Å². The fraction of sp³-hybridized carbons (Fsp3) is 0.200. The number of rotatable bonds is 5. The zero-order chi connectivity index (χ0) is 21.2. The molecule has 5 rings (SSSR count). The average Bonchev–Trinajstić information content (AvgIpc) is 3.12. The van der Waals surface area contributed by atoms with Crippen LogP contribution in [0.2, 0.25) is 0 Å². The fourth-order valence-corrected chi connectivity index (χ4v) is 3.83. The summed E-state index contributed by atoms with van der Waals surface area (Å²) in [6.07, 6.45) is 5.33. The quantitative estimate of drug-likeness (QED) is 0.575. The van der Waals surface area contributed by atoms with Crippen molar-refractivity contribution in [2.75, 3.05) is 13.3 Å². The SMILES string of the molecule is CCOc1ccc(/C=C2\Oc3c(ccc4c3CN(Cc3ccncc3)CO4)C2=O)cc1. The zero-order valence-corrected chi connectivity index (χ0v) is 17.2. The number of benzene rings is 2. The van der Waals surface area contributed by atoms with E-state index in [1.165, 1.54) is 0 Å². The van der Waals surface area contributed by atoms with Crippen LogP contribution in [-0.2, 0) is 13.1 Å². The smallest absolute Gasteiger partial charge is 0.231 e. The minimum absolute atomic E-state index is 0.113. The Morgan fingerprint density at radius 1 is 1.10 bits per heavy atom. The molecule has 0 bridgehead atoms. The lowest BCUT2D eigenvalue weighted by Gasteiger charge is -2.29. The van der Waals surface area contributed by atoms with Gasteiger partial charge in [0.05, 0.1) is 17.7 Å². The highest BCUT2D eigenvalue weighted by atomic mass is 16.5. The van der Waals surface area contributed by atoms with Gasteiger partial charge < -0.3 is 14.2 Å². The summed E-state index contributed by atoms with van der Waals surface area (Å²) in [4.78, 5) is 19.2. The number of fused-ring (bicyclic) bond motifs is 3. The third kappa shape index (κ3) is 3.90. The molecular weight excluding hydrogens is 392 g/mol. The van der Waals surface area contributed by atoms with Gasteiger partial charge in [-0.15, -0.1) is 0 Å². The first-order valence-corrected chi connectivity index (χ1v) is 10.3. The van der Waals surface area contributed by atoms with Gasteiger partial charge in [0, 0.05) is 25.5 Å². The Hall–Kier alpha value is -3.64. The molecule has 2 aromatic carbocycles. The fourth-order valence-electron chi connectivity index (χ4n) is 3.83. The van der Waals surface area contributed by atoms with Crippen molar-refractivity contribution in [2.24, 2.45) is 0 Å². The maximum Gasteiger partial charge on any atom is 0.231 e. The topological polar surface area (TPSA) is 60.9 Å². The molecule has 0 saturated carbocycles. The van der Waals surface area contributed by atoms with Crippen LogP contribution in [0, 0.1) is 0 Å². The Morgan fingerprint density at radius 2 is 1.90 bits per heavy atom. The van der Waals surface area contributed by atoms with Gasteiger partial charge in [0.1, 0.15) is 24.0 Å². The normalized spacial score (nSPS) is 16.4. The molecule has 0 radical (unpaired) electrons. The summed E-state index contributed by atoms with van der Waals surface area (Å²) in [5.41, 5.74) is 3.51. The van der Waals surface area contributed by atoms with Gasteiger partial charge in [0.25, 0.3) is 0 Å². The monoisotopic (exact) mass is 414 g/mol. The van der Waals surface area contributed by atoms with Crippen LogP contribution in [0.3, 0.4) is 0 Å². The van der Waals surface area contributed by atoms with Gasteiger partial charge in [-0.3, -0.25) is 14.7 Å². The van der Waals surface area contributed by atoms with Gasteiger partial charge in [-0.2, -0.15) is 0 Å². The van der Waals surface area contributed by atoms with E-state index in [9.17, 15) is 4.79 Å². The summed E-state index contributed by atoms with van der Waals surface area (Å²) in [5.74, 6) is 2.36. The molecule has 0 saturated heterocycles. The molecular formula is C25H22N2O4. The van der Waals surface area contributed by atoms with E-state index in [4.69, 9.17) is 14.2 Å². The van der Waals surface area contributed by atoms with E-state index >= 15 is 0 Å². The number of ketones is 1. The summed E-state index contributed by atoms with van der Waals surface area (Å²) >= 11 is 0. The van der Waals surface area contributed by atoms with Crippen LogP contribution in [0.4, 0.5) is 0 Å². The molecule has 0 atom stereocenters. The minimum Gasteiger partial charge on any atom is -0.494 e. The number of carbonyl (C=O) groups excluding carboxylic acids is 1. The highest BCUT2D eigenvalue weighted by molar-refractivity contribution is 6.15. The summed E-state index contributed by atoms with van der Waals surface area (Å²) in [7, 11) is 0. The van der Waals surface area contributed by atoms with Crippen molar-refractivity contribution in [3.8, 4) is 17.2 Å². The number of ether oxygens (including phenoxy) is 3. The van der Waals surface area contributed by atoms with Crippen LogP contribution < -0.4 is 14.2 Å². The summed E-state index contributed by atoms with van der Waals surface area (Å²) < 4.78 is 17.5. The first-order chi connectivity index (χ1) is 15.2. The van der Waals surface area contributed by atoms with Crippen molar-refractivity contribution in [1.29, 1.82) is 0 Å². The summed E-state index contributed by atoms with van der Waals surface area (Å²) in [6.45, 7) is 4.42. The van der Waals surface area contributed by atoms with Crippen LogP contribution >= 0.6 is 0 Å². The predicted octanol–water partition coefficient (Wildman–Crippen LogP) is 4.45. The molecule has 156 valence electrons.